The third-order valence-electron chi connectivity index (χ3n) is 3.80. The van der Waals surface area contributed by atoms with Gasteiger partial charge in [-0.25, -0.2) is 0 Å². The summed E-state index contributed by atoms with van der Waals surface area (Å²) in [6.07, 6.45) is 0.926. The molecule has 0 spiro atoms. The largest absolute Gasteiger partial charge is 0.449 e. The molecule has 0 aromatic heterocycles. The van der Waals surface area contributed by atoms with E-state index in [0.717, 1.165) is 16.7 Å². The van der Waals surface area contributed by atoms with Crippen molar-refractivity contribution in [1.29, 1.82) is 0 Å². The van der Waals surface area contributed by atoms with Crippen LogP contribution in [0.2, 0.25) is 0 Å². The standard InChI is InChI=1S/C20H22O2/c1-4-19(21)22-20(16(2)3,18-13-9-6-10-14-18)15-17-11-7-5-8-12-17/h5-14H,2,4,15H2,1,3H3/t20-/m0/s1. The van der Waals surface area contributed by atoms with E-state index in [4.69, 9.17) is 4.74 Å². The van der Waals surface area contributed by atoms with E-state index >= 15 is 0 Å². The van der Waals surface area contributed by atoms with E-state index in [-0.39, 0.29) is 5.97 Å². The highest BCUT2D eigenvalue weighted by atomic mass is 16.6. The van der Waals surface area contributed by atoms with Gasteiger partial charge in [0.25, 0.3) is 0 Å². The molecule has 0 unspecified atom stereocenters. The average Bonchev–Trinajstić information content (AvgIpc) is 2.55. The van der Waals surface area contributed by atoms with Gasteiger partial charge in [0.15, 0.2) is 5.60 Å². The summed E-state index contributed by atoms with van der Waals surface area (Å²) in [6.45, 7) is 7.83. The summed E-state index contributed by atoms with van der Waals surface area (Å²) in [6, 6.07) is 19.9. The second-order valence-electron chi connectivity index (χ2n) is 5.46. The minimum absolute atomic E-state index is 0.220. The predicted octanol–water partition coefficient (Wildman–Crippen LogP) is 4.65. The highest BCUT2D eigenvalue weighted by molar-refractivity contribution is 5.70. The van der Waals surface area contributed by atoms with Crippen molar-refractivity contribution in [2.24, 2.45) is 0 Å². The Labute approximate surface area is 132 Å². The molecule has 0 saturated carbocycles. The summed E-state index contributed by atoms with van der Waals surface area (Å²) >= 11 is 0. The molecular weight excluding hydrogens is 272 g/mol. The van der Waals surface area contributed by atoms with Gasteiger partial charge in [0.1, 0.15) is 0 Å². The number of hydrogen-bond acceptors (Lipinski definition) is 2. The molecule has 0 amide bonds. The van der Waals surface area contributed by atoms with Crippen LogP contribution in [0.5, 0.6) is 0 Å². The molecule has 0 aliphatic heterocycles. The zero-order valence-corrected chi connectivity index (χ0v) is 13.2. The molecule has 0 heterocycles. The van der Waals surface area contributed by atoms with E-state index < -0.39 is 5.60 Å². The number of benzene rings is 2. The lowest BCUT2D eigenvalue weighted by molar-refractivity contribution is -0.156. The predicted molar refractivity (Wildman–Crippen MR) is 89.5 cm³/mol. The minimum Gasteiger partial charge on any atom is -0.449 e. The highest BCUT2D eigenvalue weighted by Crippen LogP contribution is 2.36. The SMILES string of the molecule is C=C(C)[C@](Cc1ccccc1)(OC(=O)CC)c1ccccc1. The summed E-state index contributed by atoms with van der Waals surface area (Å²) in [4.78, 5) is 12.0. The maximum Gasteiger partial charge on any atom is 0.306 e. The van der Waals surface area contributed by atoms with Gasteiger partial charge in [-0.1, -0.05) is 74.2 Å². The zero-order valence-electron chi connectivity index (χ0n) is 13.2. The summed E-state index contributed by atoms with van der Waals surface area (Å²) in [5, 5.41) is 0. The summed E-state index contributed by atoms with van der Waals surface area (Å²) < 4.78 is 5.90. The van der Waals surface area contributed by atoms with Gasteiger partial charge in [-0.3, -0.25) is 4.79 Å². The Balaban J connectivity index is 2.50. The Hall–Kier alpha value is -2.35. The molecule has 0 bridgehead atoms. The molecule has 2 heteroatoms. The van der Waals surface area contributed by atoms with Gasteiger partial charge in [0, 0.05) is 18.4 Å². The van der Waals surface area contributed by atoms with Crippen molar-refractivity contribution >= 4 is 5.97 Å². The molecule has 0 aliphatic rings. The van der Waals surface area contributed by atoms with Crippen LogP contribution in [-0.2, 0) is 21.6 Å². The molecule has 0 radical (unpaired) electrons. The lowest BCUT2D eigenvalue weighted by atomic mass is 9.82. The average molecular weight is 294 g/mol. The first kappa shape index (κ1) is 16.0. The van der Waals surface area contributed by atoms with Crippen molar-refractivity contribution in [3.63, 3.8) is 0 Å². The van der Waals surface area contributed by atoms with Gasteiger partial charge in [-0.05, 0) is 18.1 Å². The first-order chi connectivity index (χ1) is 10.6. The van der Waals surface area contributed by atoms with Gasteiger partial charge >= 0.3 is 5.97 Å². The van der Waals surface area contributed by atoms with Crippen LogP contribution in [0.3, 0.4) is 0 Å². The molecule has 0 fully saturated rings. The number of carbonyl (C=O) groups is 1. The smallest absolute Gasteiger partial charge is 0.306 e. The van der Waals surface area contributed by atoms with Gasteiger partial charge in [-0.2, -0.15) is 0 Å². The van der Waals surface area contributed by atoms with Crippen molar-refractivity contribution in [2.45, 2.75) is 32.3 Å². The van der Waals surface area contributed by atoms with E-state index in [2.05, 4.69) is 6.58 Å². The molecule has 2 aromatic rings. The van der Waals surface area contributed by atoms with Gasteiger partial charge < -0.3 is 4.74 Å². The Morgan fingerprint density at radius 3 is 2.09 bits per heavy atom. The number of hydrogen-bond donors (Lipinski definition) is 0. The lowest BCUT2D eigenvalue weighted by Crippen LogP contribution is -2.35. The Morgan fingerprint density at radius 2 is 1.59 bits per heavy atom. The Bertz CT molecular complexity index is 631. The molecule has 1 atom stereocenters. The van der Waals surface area contributed by atoms with Crippen LogP contribution < -0.4 is 0 Å². The normalized spacial score (nSPS) is 13.2. The molecule has 0 saturated heterocycles. The number of ether oxygens (including phenoxy) is 1. The van der Waals surface area contributed by atoms with E-state index in [1.807, 2.05) is 67.6 Å². The third-order valence-corrected chi connectivity index (χ3v) is 3.80. The summed E-state index contributed by atoms with van der Waals surface area (Å²) in [5.41, 5.74) is 2.06. The number of carbonyl (C=O) groups excluding carboxylic acids is 1. The van der Waals surface area contributed by atoms with Crippen molar-refractivity contribution in [3.05, 3.63) is 83.9 Å². The van der Waals surface area contributed by atoms with E-state index in [0.29, 0.717) is 12.8 Å². The second-order valence-corrected chi connectivity index (χ2v) is 5.46. The van der Waals surface area contributed by atoms with Crippen molar-refractivity contribution < 1.29 is 9.53 Å². The molecule has 22 heavy (non-hydrogen) atoms. The molecular formula is C20H22O2. The van der Waals surface area contributed by atoms with Crippen LogP contribution in [0.15, 0.2) is 72.8 Å². The van der Waals surface area contributed by atoms with Gasteiger partial charge in [-0.15, -0.1) is 0 Å². The molecule has 2 rings (SSSR count). The van der Waals surface area contributed by atoms with Crippen LogP contribution in [0.4, 0.5) is 0 Å². The first-order valence-electron chi connectivity index (χ1n) is 7.56. The first-order valence-corrected chi connectivity index (χ1v) is 7.56. The topological polar surface area (TPSA) is 26.3 Å². The number of esters is 1. The fourth-order valence-corrected chi connectivity index (χ4v) is 2.54. The minimum atomic E-state index is -0.824. The monoisotopic (exact) mass is 294 g/mol. The maximum absolute atomic E-state index is 12.0. The lowest BCUT2D eigenvalue weighted by Gasteiger charge is -2.35. The fraction of sp³-hybridized carbons (Fsp3) is 0.250. The van der Waals surface area contributed by atoms with Crippen molar-refractivity contribution in [1.82, 2.24) is 0 Å². The zero-order chi connectivity index (χ0) is 16.0. The molecule has 2 aromatic carbocycles. The summed E-state index contributed by atoms with van der Waals surface area (Å²) in [7, 11) is 0. The fourth-order valence-electron chi connectivity index (χ4n) is 2.54. The Morgan fingerprint density at radius 1 is 1.05 bits per heavy atom. The summed E-state index contributed by atoms with van der Waals surface area (Å²) in [5.74, 6) is -0.220. The van der Waals surface area contributed by atoms with Crippen molar-refractivity contribution in [2.75, 3.05) is 0 Å². The van der Waals surface area contributed by atoms with E-state index in [1.54, 1.807) is 6.92 Å². The second kappa shape index (κ2) is 7.08. The quantitative estimate of drug-likeness (QED) is 0.572. The third kappa shape index (κ3) is 3.45. The Kier molecular flexibility index (Phi) is 5.16. The van der Waals surface area contributed by atoms with Gasteiger partial charge in [0.05, 0.1) is 0 Å². The number of rotatable bonds is 6. The van der Waals surface area contributed by atoms with E-state index in [1.165, 1.54) is 0 Å². The molecule has 2 nitrogen and oxygen atoms in total. The molecule has 114 valence electrons. The maximum atomic E-state index is 12.0. The molecule has 0 aliphatic carbocycles. The van der Waals surface area contributed by atoms with E-state index in [9.17, 15) is 4.79 Å². The van der Waals surface area contributed by atoms with Crippen molar-refractivity contribution in [3.8, 4) is 0 Å². The van der Waals surface area contributed by atoms with Crippen LogP contribution in [0.25, 0.3) is 0 Å². The van der Waals surface area contributed by atoms with Gasteiger partial charge in [0.2, 0.25) is 0 Å². The van der Waals surface area contributed by atoms with Crippen LogP contribution in [0.1, 0.15) is 31.4 Å². The van der Waals surface area contributed by atoms with Crippen LogP contribution in [-0.4, -0.2) is 5.97 Å². The highest BCUT2D eigenvalue weighted by Gasteiger charge is 2.37. The molecule has 0 N–H and O–H groups in total. The van der Waals surface area contributed by atoms with Crippen LogP contribution >= 0.6 is 0 Å². The van der Waals surface area contributed by atoms with Crippen LogP contribution in [0, 0.1) is 0 Å².